The van der Waals surface area contributed by atoms with Crippen LogP contribution in [0.2, 0.25) is 0 Å². The molecule has 0 radical (unpaired) electrons. The minimum absolute atomic E-state index is 0.370. The molecule has 0 aliphatic carbocycles. The molecule has 1 rings (SSSR count). The second-order valence-corrected chi connectivity index (χ2v) is 5.06. The van der Waals surface area contributed by atoms with E-state index in [0.717, 1.165) is 12.3 Å². The van der Waals surface area contributed by atoms with Crippen LogP contribution in [0.3, 0.4) is 0 Å². The van der Waals surface area contributed by atoms with E-state index in [-0.39, 0.29) is 0 Å². The van der Waals surface area contributed by atoms with Gasteiger partial charge in [0, 0.05) is 6.54 Å². The zero-order valence-corrected chi connectivity index (χ0v) is 10.9. The lowest BCUT2D eigenvalue weighted by Gasteiger charge is -2.37. The molecule has 1 unspecified atom stereocenters. The lowest BCUT2D eigenvalue weighted by Crippen LogP contribution is -2.48. The van der Waals surface area contributed by atoms with Gasteiger partial charge in [0.1, 0.15) is 0 Å². The Balaban J connectivity index is 2.52. The van der Waals surface area contributed by atoms with Crippen molar-refractivity contribution in [2.45, 2.75) is 52.0 Å². The van der Waals surface area contributed by atoms with Gasteiger partial charge in [0.25, 0.3) is 0 Å². The summed E-state index contributed by atoms with van der Waals surface area (Å²) in [6.45, 7) is 6.90. The van der Waals surface area contributed by atoms with Crippen LogP contribution in [0.25, 0.3) is 0 Å². The third kappa shape index (κ3) is 3.72. The van der Waals surface area contributed by atoms with E-state index in [0.29, 0.717) is 11.0 Å². The molecule has 1 saturated heterocycles. The standard InChI is InChI=1S/C12H24N2S/c1-3-10(4-2)9-14-8-6-5-7-11(14)12(13)15/h10-11H,3-9H2,1-2H3,(H2,13,15). The fraction of sp³-hybridized carbons (Fsp3) is 0.917. The van der Waals surface area contributed by atoms with Crippen LogP contribution in [-0.2, 0) is 0 Å². The van der Waals surface area contributed by atoms with Gasteiger partial charge in [0.05, 0.1) is 11.0 Å². The smallest absolute Gasteiger partial charge is 0.0902 e. The predicted octanol–water partition coefficient (Wildman–Crippen LogP) is 2.56. The molecule has 1 aliphatic rings. The number of hydrogen-bond donors (Lipinski definition) is 1. The molecule has 0 aromatic carbocycles. The molecule has 0 amide bonds. The highest BCUT2D eigenvalue weighted by Gasteiger charge is 2.25. The Labute approximate surface area is 99.2 Å². The van der Waals surface area contributed by atoms with Crippen LogP contribution in [0.1, 0.15) is 46.0 Å². The molecule has 0 aromatic rings. The second kappa shape index (κ2) is 6.44. The minimum atomic E-state index is 0.370. The SMILES string of the molecule is CCC(CC)CN1CCCCC1C(N)=S. The molecular weight excluding hydrogens is 204 g/mol. The maximum atomic E-state index is 5.81. The van der Waals surface area contributed by atoms with Crippen molar-refractivity contribution in [1.29, 1.82) is 0 Å². The van der Waals surface area contributed by atoms with Gasteiger partial charge < -0.3 is 5.73 Å². The van der Waals surface area contributed by atoms with Gasteiger partial charge in [-0.05, 0) is 25.3 Å². The summed E-state index contributed by atoms with van der Waals surface area (Å²) >= 11 is 5.15. The van der Waals surface area contributed by atoms with E-state index in [1.54, 1.807) is 0 Å². The van der Waals surface area contributed by atoms with Crippen molar-refractivity contribution in [2.24, 2.45) is 11.7 Å². The number of likely N-dealkylation sites (tertiary alicyclic amines) is 1. The molecule has 2 nitrogen and oxygen atoms in total. The molecule has 1 heterocycles. The van der Waals surface area contributed by atoms with Crippen molar-refractivity contribution in [2.75, 3.05) is 13.1 Å². The lowest BCUT2D eigenvalue weighted by molar-refractivity contribution is 0.160. The van der Waals surface area contributed by atoms with Crippen molar-refractivity contribution in [3.8, 4) is 0 Å². The Morgan fingerprint density at radius 2 is 2.07 bits per heavy atom. The van der Waals surface area contributed by atoms with Gasteiger partial charge in [-0.2, -0.15) is 0 Å². The topological polar surface area (TPSA) is 29.3 Å². The summed E-state index contributed by atoms with van der Waals surface area (Å²) in [7, 11) is 0. The van der Waals surface area contributed by atoms with E-state index in [9.17, 15) is 0 Å². The first-order chi connectivity index (χ1) is 7.19. The molecule has 15 heavy (non-hydrogen) atoms. The molecule has 1 aliphatic heterocycles. The van der Waals surface area contributed by atoms with Crippen LogP contribution in [0.15, 0.2) is 0 Å². The number of hydrogen-bond acceptors (Lipinski definition) is 2. The van der Waals surface area contributed by atoms with Gasteiger partial charge in [-0.15, -0.1) is 0 Å². The molecule has 2 N–H and O–H groups in total. The van der Waals surface area contributed by atoms with Crippen molar-refractivity contribution in [3.63, 3.8) is 0 Å². The first kappa shape index (κ1) is 12.9. The summed E-state index contributed by atoms with van der Waals surface area (Å²) in [5, 5.41) is 0. The Bertz CT molecular complexity index is 202. The molecule has 0 spiro atoms. The van der Waals surface area contributed by atoms with Gasteiger partial charge in [0.15, 0.2) is 0 Å². The summed E-state index contributed by atoms with van der Waals surface area (Å²) in [5.41, 5.74) is 5.81. The summed E-state index contributed by atoms with van der Waals surface area (Å²) in [4.78, 5) is 3.20. The van der Waals surface area contributed by atoms with Crippen LogP contribution in [0.4, 0.5) is 0 Å². The lowest BCUT2D eigenvalue weighted by atomic mass is 9.97. The van der Waals surface area contributed by atoms with E-state index in [1.165, 1.54) is 38.8 Å². The van der Waals surface area contributed by atoms with Crippen LogP contribution in [0, 0.1) is 5.92 Å². The van der Waals surface area contributed by atoms with Crippen LogP contribution >= 0.6 is 12.2 Å². The molecule has 3 heteroatoms. The first-order valence-electron chi connectivity index (χ1n) is 6.22. The molecule has 0 saturated carbocycles. The number of nitrogens with two attached hydrogens (primary N) is 1. The van der Waals surface area contributed by atoms with Gasteiger partial charge in [-0.3, -0.25) is 4.90 Å². The number of piperidine rings is 1. The fourth-order valence-corrected chi connectivity index (χ4v) is 2.68. The Morgan fingerprint density at radius 1 is 1.40 bits per heavy atom. The quantitative estimate of drug-likeness (QED) is 0.733. The maximum Gasteiger partial charge on any atom is 0.0902 e. The van der Waals surface area contributed by atoms with Crippen molar-refractivity contribution in [3.05, 3.63) is 0 Å². The molecular formula is C12H24N2S. The molecule has 1 atom stereocenters. The monoisotopic (exact) mass is 228 g/mol. The average Bonchev–Trinajstić information content (AvgIpc) is 2.26. The van der Waals surface area contributed by atoms with E-state index in [2.05, 4.69) is 18.7 Å². The van der Waals surface area contributed by atoms with Gasteiger partial charge in [-0.25, -0.2) is 0 Å². The van der Waals surface area contributed by atoms with Gasteiger partial charge in [0.2, 0.25) is 0 Å². The van der Waals surface area contributed by atoms with Gasteiger partial charge in [-0.1, -0.05) is 45.3 Å². The number of rotatable bonds is 5. The van der Waals surface area contributed by atoms with Crippen LogP contribution in [-0.4, -0.2) is 29.0 Å². The Hall–Kier alpha value is -0.150. The second-order valence-electron chi connectivity index (χ2n) is 4.59. The van der Waals surface area contributed by atoms with E-state index in [1.807, 2.05) is 0 Å². The summed E-state index contributed by atoms with van der Waals surface area (Å²) in [6, 6.07) is 0.370. The van der Waals surface area contributed by atoms with Crippen LogP contribution in [0.5, 0.6) is 0 Å². The van der Waals surface area contributed by atoms with Crippen molar-refractivity contribution >= 4 is 17.2 Å². The van der Waals surface area contributed by atoms with Crippen LogP contribution < -0.4 is 5.73 Å². The average molecular weight is 228 g/mol. The Kier molecular flexibility index (Phi) is 5.54. The highest BCUT2D eigenvalue weighted by molar-refractivity contribution is 7.80. The number of thiocarbonyl (C=S) groups is 1. The zero-order chi connectivity index (χ0) is 11.3. The molecule has 88 valence electrons. The van der Waals surface area contributed by atoms with Crippen molar-refractivity contribution < 1.29 is 0 Å². The van der Waals surface area contributed by atoms with E-state index in [4.69, 9.17) is 18.0 Å². The summed E-state index contributed by atoms with van der Waals surface area (Å²) in [5.74, 6) is 0.806. The molecule has 1 fully saturated rings. The normalized spacial score (nSPS) is 23.3. The number of nitrogens with zero attached hydrogens (tertiary/aromatic N) is 1. The summed E-state index contributed by atoms with van der Waals surface area (Å²) in [6.07, 6.45) is 6.27. The highest BCUT2D eigenvalue weighted by Crippen LogP contribution is 2.20. The molecule has 0 bridgehead atoms. The third-order valence-corrected chi connectivity index (χ3v) is 3.86. The van der Waals surface area contributed by atoms with E-state index < -0.39 is 0 Å². The minimum Gasteiger partial charge on any atom is -0.392 e. The largest absolute Gasteiger partial charge is 0.392 e. The fourth-order valence-electron chi connectivity index (χ4n) is 2.41. The Morgan fingerprint density at radius 3 is 2.60 bits per heavy atom. The summed E-state index contributed by atoms with van der Waals surface area (Å²) < 4.78 is 0. The first-order valence-corrected chi connectivity index (χ1v) is 6.63. The third-order valence-electron chi connectivity index (χ3n) is 3.59. The predicted molar refractivity (Wildman–Crippen MR) is 70.1 cm³/mol. The van der Waals surface area contributed by atoms with Gasteiger partial charge >= 0.3 is 0 Å². The maximum absolute atomic E-state index is 5.81. The van der Waals surface area contributed by atoms with E-state index >= 15 is 0 Å². The highest BCUT2D eigenvalue weighted by atomic mass is 32.1. The zero-order valence-electron chi connectivity index (χ0n) is 10.0. The van der Waals surface area contributed by atoms with Crippen molar-refractivity contribution in [1.82, 2.24) is 4.90 Å². The molecule has 0 aromatic heterocycles.